The van der Waals surface area contributed by atoms with Crippen LogP contribution in [0.25, 0.3) is 22.2 Å². The van der Waals surface area contributed by atoms with Crippen LogP contribution in [0.1, 0.15) is 41.6 Å². The van der Waals surface area contributed by atoms with Gasteiger partial charge in [-0.05, 0) is 48.6 Å². The molecule has 3 heterocycles. The highest BCUT2D eigenvalue weighted by Crippen LogP contribution is 2.31. The summed E-state index contributed by atoms with van der Waals surface area (Å²) in [5.41, 5.74) is 2.34. The van der Waals surface area contributed by atoms with Crippen LogP contribution in [0, 0.1) is 17.6 Å². The number of anilines is 2. The summed E-state index contributed by atoms with van der Waals surface area (Å²) in [4.78, 5) is 29.6. The van der Waals surface area contributed by atoms with Crippen LogP contribution in [0.15, 0.2) is 49.1 Å². The largest absolute Gasteiger partial charge is 0.370 e. The van der Waals surface area contributed by atoms with Gasteiger partial charge in [-0.1, -0.05) is 6.92 Å². The Bertz CT molecular complexity index is 1440. The van der Waals surface area contributed by atoms with Crippen LogP contribution in [0.3, 0.4) is 0 Å². The van der Waals surface area contributed by atoms with E-state index in [4.69, 9.17) is 0 Å². The minimum absolute atomic E-state index is 0.0359. The summed E-state index contributed by atoms with van der Waals surface area (Å²) in [6, 6.07) is 8.22. The highest BCUT2D eigenvalue weighted by molar-refractivity contribution is 6.06. The maximum Gasteiger partial charge on any atom is 0.251 e. The molecule has 37 heavy (non-hydrogen) atoms. The Labute approximate surface area is 213 Å². The van der Waals surface area contributed by atoms with Crippen molar-refractivity contribution in [2.45, 2.75) is 25.7 Å². The molecule has 0 unspecified atom stereocenters. The molecule has 0 aliphatic heterocycles. The van der Waals surface area contributed by atoms with Gasteiger partial charge < -0.3 is 16.0 Å². The fourth-order valence-electron chi connectivity index (χ4n) is 4.19. The van der Waals surface area contributed by atoms with E-state index in [0.717, 1.165) is 29.9 Å². The summed E-state index contributed by atoms with van der Waals surface area (Å²) in [6.45, 7) is 3.18. The summed E-state index contributed by atoms with van der Waals surface area (Å²) in [6.07, 6.45) is 7.21. The van der Waals surface area contributed by atoms with Crippen molar-refractivity contribution < 1.29 is 13.6 Å². The minimum atomic E-state index is -1.09. The van der Waals surface area contributed by atoms with Crippen molar-refractivity contribution in [1.29, 1.82) is 0 Å². The summed E-state index contributed by atoms with van der Waals surface area (Å²) < 4.78 is 29.3. The van der Waals surface area contributed by atoms with Gasteiger partial charge in [0, 0.05) is 50.1 Å². The van der Waals surface area contributed by atoms with Gasteiger partial charge in [0.15, 0.2) is 11.6 Å². The van der Waals surface area contributed by atoms with E-state index < -0.39 is 17.5 Å². The second kappa shape index (κ2) is 10.4. The van der Waals surface area contributed by atoms with Gasteiger partial charge in [-0.2, -0.15) is 0 Å². The zero-order valence-electron chi connectivity index (χ0n) is 20.6. The molecule has 1 fully saturated rings. The lowest BCUT2D eigenvalue weighted by molar-refractivity contribution is 0.0964. The third-order valence-electron chi connectivity index (χ3n) is 6.52. The van der Waals surface area contributed by atoms with Crippen LogP contribution in [-0.4, -0.2) is 46.0 Å². The number of nitrogens with zero attached hydrogens (tertiary/aromatic N) is 4. The molecule has 0 bridgehead atoms. The maximum atomic E-state index is 14.7. The third-order valence-corrected chi connectivity index (χ3v) is 6.52. The van der Waals surface area contributed by atoms with E-state index in [9.17, 15) is 13.6 Å². The van der Waals surface area contributed by atoms with Gasteiger partial charge in [0.1, 0.15) is 18.0 Å². The van der Waals surface area contributed by atoms with Gasteiger partial charge in [-0.3, -0.25) is 9.78 Å². The zero-order valence-corrected chi connectivity index (χ0v) is 20.6. The van der Waals surface area contributed by atoms with Crippen molar-refractivity contribution in [3.05, 3.63) is 71.8 Å². The number of halogens is 2. The molecule has 5 rings (SSSR count). The summed E-state index contributed by atoms with van der Waals surface area (Å²) >= 11 is 0. The zero-order chi connectivity index (χ0) is 25.9. The smallest absolute Gasteiger partial charge is 0.251 e. The van der Waals surface area contributed by atoms with Gasteiger partial charge in [-0.25, -0.2) is 23.7 Å². The Balaban J connectivity index is 1.33. The van der Waals surface area contributed by atoms with E-state index in [1.54, 1.807) is 6.20 Å². The number of hydrogen-bond donors (Lipinski definition) is 3. The number of amides is 1. The van der Waals surface area contributed by atoms with Gasteiger partial charge in [0.25, 0.3) is 5.91 Å². The Hall–Kier alpha value is -4.21. The molecule has 3 N–H and O–H groups in total. The fraction of sp³-hybridized carbons (Fsp3) is 0.296. The number of carbonyl (C=O) groups is 1. The lowest BCUT2D eigenvalue weighted by Crippen LogP contribution is -2.19. The molecule has 0 spiro atoms. The van der Waals surface area contributed by atoms with E-state index in [0.29, 0.717) is 23.6 Å². The first-order chi connectivity index (χ1) is 17.9. The molecule has 1 amide bonds. The molecule has 1 atom stereocenters. The number of pyridine rings is 2. The van der Waals surface area contributed by atoms with Gasteiger partial charge in [0.05, 0.1) is 22.2 Å². The predicted molar refractivity (Wildman–Crippen MR) is 138 cm³/mol. The number of aromatic nitrogens is 4. The van der Waals surface area contributed by atoms with Crippen molar-refractivity contribution in [3.8, 4) is 11.3 Å². The lowest BCUT2D eigenvalue weighted by Gasteiger charge is -2.17. The number of nitrogens with one attached hydrogen (secondary N) is 3. The number of benzene rings is 1. The topological polar surface area (TPSA) is 105 Å². The second-order valence-electron chi connectivity index (χ2n) is 9.25. The van der Waals surface area contributed by atoms with Crippen molar-refractivity contribution in [2.75, 3.05) is 30.8 Å². The van der Waals surface area contributed by atoms with Crippen molar-refractivity contribution >= 4 is 28.4 Å². The average molecular weight is 504 g/mol. The van der Waals surface area contributed by atoms with E-state index in [1.165, 1.54) is 38.5 Å². The summed E-state index contributed by atoms with van der Waals surface area (Å²) in [5, 5.41) is 8.92. The third kappa shape index (κ3) is 5.32. The standard InChI is InChI=1S/C27H27F2N7O/c1-15(19-9-20(28)25(29)24-18(27(37)30-2)7-8-31-26(19)24)11-32-23-10-21(35-14-36-23)17-5-6-22(34-13-17)33-12-16-3-4-16/h5-10,13-16H,3-4,11-12H2,1-2H3,(H,30,37)(H,33,34)(H,32,35,36)/t15-/m1/s1. The van der Waals surface area contributed by atoms with E-state index in [2.05, 4.69) is 35.9 Å². The Kier molecular flexibility index (Phi) is 6.89. The molecule has 8 nitrogen and oxygen atoms in total. The van der Waals surface area contributed by atoms with Gasteiger partial charge >= 0.3 is 0 Å². The second-order valence-corrected chi connectivity index (χ2v) is 9.25. The van der Waals surface area contributed by atoms with Crippen molar-refractivity contribution in [1.82, 2.24) is 25.3 Å². The number of hydrogen-bond acceptors (Lipinski definition) is 7. The molecule has 10 heteroatoms. The number of carbonyl (C=O) groups excluding carboxylic acids is 1. The molecule has 3 aromatic heterocycles. The molecule has 1 aliphatic rings. The summed E-state index contributed by atoms with van der Waals surface area (Å²) in [7, 11) is 1.44. The van der Waals surface area contributed by atoms with Crippen LogP contribution < -0.4 is 16.0 Å². The molecule has 1 aliphatic carbocycles. The Morgan fingerprint density at radius 2 is 1.89 bits per heavy atom. The predicted octanol–water partition coefficient (Wildman–Crippen LogP) is 4.76. The lowest BCUT2D eigenvalue weighted by atomic mass is 9.95. The first-order valence-electron chi connectivity index (χ1n) is 12.2. The van der Waals surface area contributed by atoms with Crippen molar-refractivity contribution in [3.63, 3.8) is 0 Å². The molecule has 1 aromatic carbocycles. The molecule has 190 valence electrons. The van der Waals surface area contributed by atoms with Gasteiger partial charge in [-0.15, -0.1) is 0 Å². The normalized spacial score (nSPS) is 13.8. The van der Waals surface area contributed by atoms with Crippen LogP contribution >= 0.6 is 0 Å². The Morgan fingerprint density at radius 3 is 2.62 bits per heavy atom. The maximum absolute atomic E-state index is 14.7. The molecule has 4 aromatic rings. The molecular weight excluding hydrogens is 476 g/mol. The SMILES string of the molecule is CNC(=O)c1ccnc2c([C@H](C)CNc3cc(-c4ccc(NCC5CC5)nc4)ncn3)cc(F)c(F)c12. The van der Waals surface area contributed by atoms with Crippen LogP contribution in [-0.2, 0) is 0 Å². The van der Waals surface area contributed by atoms with E-state index in [1.807, 2.05) is 25.1 Å². The minimum Gasteiger partial charge on any atom is -0.370 e. The monoisotopic (exact) mass is 503 g/mol. The molecular formula is C27H27F2N7O. The molecule has 0 radical (unpaired) electrons. The number of rotatable bonds is 9. The van der Waals surface area contributed by atoms with Crippen LogP contribution in [0.4, 0.5) is 20.4 Å². The van der Waals surface area contributed by atoms with E-state index >= 15 is 0 Å². The molecule has 0 saturated heterocycles. The van der Waals surface area contributed by atoms with Crippen LogP contribution in [0.5, 0.6) is 0 Å². The van der Waals surface area contributed by atoms with Gasteiger partial charge in [0.2, 0.25) is 0 Å². The highest BCUT2D eigenvalue weighted by Gasteiger charge is 2.22. The fourth-order valence-corrected chi connectivity index (χ4v) is 4.19. The first kappa shape index (κ1) is 24.5. The summed E-state index contributed by atoms with van der Waals surface area (Å²) in [5.74, 6) is -0.724. The Morgan fingerprint density at radius 1 is 1.05 bits per heavy atom. The van der Waals surface area contributed by atoms with Crippen LogP contribution in [0.2, 0.25) is 0 Å². The van der Waals surface area contributed by atoms with Crippen molar-refractivity contribution in [2.24, 2.45) is 5.92 Å². The quantitative estimate of drug-likeness (QED) is 0.302. The van der Waals surface area contributed by atoms with E-state index in [-0.39, 0.29) is 22.4 Å². The number of fused-ring (bicyclic) bond motifs is 1. The average Bonchev–Trinajstić information content (AvgIpc) is 3.77. The highest BCUT2D eigenvalue weighted by atomic mass is 19.2. The first-order valence-corrected chi connectivity index (χ1v) is 12.2. The molecule has 1 saturated carbocycles.